The van der Waals surface area contributed by atoms with Gasteiger partial charge in [-0.25, -0.2) is 4.98 Å². The first-order chi connectivity index (χ1) is 11.2. The molecule has 116 valence electrons. The maximum absolute atomic E-state index is 12.0. The van der Waals surface area contributed by atoms with Gasteiger partial charge in [-0.2, -0.15) is 0 Å². The summed E-state index contributed by atoms with van der Waals surface area (Å²) < 4.78 is 5.68. The molecule has 1 atom stereocenters. The first-order valence-electron chi connectivity index (χ1n) is 7.25. The number of hydrogen-bond acceptors (Lipinski definition) is 4. The molecule has 1 N–H and O–H groups in total. The van der Waals surface area contributed by atoms with E-state index in [2.05, 4.69) is 22.4 Å². The lowest BCUT2D eigenvalue weighted by Gasteiger charge is -2.14. The molecule has 5 heteroatoms. The monoisotopic (exact) mass is 324 g/mol. The maximum Gasteiger partial charge on any atom is 0.266 e. The van der Waals surface area contributed by atoms with E-state index in [9.17, 15) is 4.79 Å². The van der Waals surface area contributed by atoms with Gasteiger partial charge >= 0.3 is 0 Å². The Balaban J connectivity index is 1.62. The molecule has 0 aliphatic rings. The van der Waals surface area contributed by atoms with Gasteiger partial charge in [0, 0.05) is 11.6 Å². The van der Waals surface area contributed by atoms with Crippen LogP contribution in [-0.4, -0.2) is 17.0 Å². The van der Waals surface area contributed by atoms with Crippen molar-refractivity contribution in [3.05, 3.63) is 66.2 Å². The van der Waals surface area contributed by atoms with Gasteiger partial charge in [-0.3, -0.25) is 10.1 Å². The zero-order valence-electron chi connectivity index (χ0n) is 12.6. The van der Waals surface area contributed by atoms with Crippen molar-refractivity contribution in [2.45, 2.75) is 13.0 Å². The fraction of sp³-hybridized carbons (Fsp3) is 0.111. The zero-order valence-corrected chi connectivity index (χ0v) is 13.4. The van der Waals surface area contributed by atoms with Crippen LogP contribution < -0.4 is 10.1 Å². The second-order valence-corrected chi connectivity index (χ2v) is 5.87. The molecule has 0 radical (unpaired) electrons. The number of thiazole rings is 1. The summed E-state index contributed by atoms with van der Waals surface area (Å²) in [6.45, 7) is 1.72. The van der Waals surface area contributed by atoms with Crippen molar-refractivity contribution >= 4 is 22.4 Å². The highest BCUT2D eigenvalue weighted by Gasteiger charge is 2.15. The van der Waals surface area contributed by atoms with Gasteiger partial charge in [-0.1, -0.05) is 42.5 Å². The second-order valence-electron chi connectivity index (χ2n) is 4.98. The average Bonchev–Trinajstić information content (AvgIpc) is 3.09. The van der Waals surface area contributed by atoms with Gasteiger partial charge in [0.25, 0.3) is 5.91 Å². The summed E-state index contributed by atoms with van der Waals surface area (Å²) in [7, 11) is 0. The van der Waals surface area contributed by atoms with Crippen LogP contribution in [0.2, 0.25) is 0 Å². The number of anilines is 1. The first kappa shape index (κ1) is 15.2. The summed E-state index contributed by atoms with van der Waals surface area (Å²) in [6.07, 6.45) is 1.05. The Kier molecular flexibility index (Phi) is 4.68. The summed E-state index contributed by atoms with van der Waals surface area (Å²) in [5.41, 5.74) is 2.26. The molecule has 0 saturated carbocycles. The molecule has 0 bridgehead atoms. The van der Waals surface area contributed by atoms with Crippen LogP contribution in [0.25, 0.3) is 11.1 Å². The molecule has 1 aromatic heterocycles. The molecule has 0 saturated heterocycles. The molecule has 0 unspecified atom stereocenters. The standard InChI is InChI=1S/C18H16N2O2S/c1-13(17(21)20-18-19-11-12-23-18)22-16-9-7-15(8-10-16)14-5-3-2-4-6-14/h2-13H,1H3,(H,19,20,21)/t13-/m0/s1. The lowest BCUT2D eigenvalue weighted by molar-refractivity contribution is -0.122. The Morgan fingerprint density at radius 1 is 1.09 bits per heavy atom. The average molecular weight is 324 g/mol. The molecular formula is C18H16N2O2S. The molecule has 0 aliphatic heterocycles. The smallest absolute Gasteiger partial charge is 0.266 e. The van der Waals surface area contributed by atoms with E-state index in [0.717, 1.165) is 11.1 Å². The molecular weight excluding hydrogens is 308 g/mol. The van der Waals surface area contributed by atoms with Crippen LogP contribution in [0, 0.1) is 0 Å². The molecule has 1 heterocycles. The van der Waals surface area contributed by atoms with Gasteiger partial charge in [0.1, 0.15) is 5.75 Å². The number of ether oxygens (including phenoxy) is 1. The summed E-state index contributed by atoms with van der Waals surface area (Å²) in [5.74, 6) is 0.443. The van der Waals surface area contributed by atoms with E-state index in [1.54, 1.807) is 13.1 Å². The van der Waals surface area contributed by atoms with Crippen molar-refractivity contribution in [2.75, 3.05) is 5.32 Å². The van der Waals surface area contributed by atoms with Crippen LogP contribution in [0.4, 0.5) is 5.13 Å². The van der Waals surface area contributed by atoms with Crippen LogP contribution in [0.5, 0.6) is 5.75 Å². The normalized spacial score (nSPS) is 11.7. The third-order valence-electron chi connectivity index (χ3n) is 3.31. The molecule has 1 amide bonds. The predicted molar refractivity (Wildman–Crippen MR) is 92.7 cm³/mol. The van der Waals surface area contributed by atoms with Gasteiger partial charge in [0.2, 0.25) is 0 Å². The fourth-order valence-corrected chi connectivity index (χ4v) is 2.64. The van der Waals surface area contributed by atoms with E-state index in [1.807, 2.05) is 47.8 Å². The van der Waals surface area contributed by atoms with E-state index >= 15 is 0 Å². The molecule has 0 fully saturated rings. The van der Waals surface area contributed by atoms with Gasteiger partial charge in [0.05, 0.1) is 0 Å². The highest BCUT2D eigenvalue weighted by molar-refractivity contribution is 7.13. The molecule has 23 heavy (non-hydrogen) atoms. The lowest BCUT2D eigenvalue weighted by Crippen LogP contribution is -2.30. The first-order valence-corrected chi connectivity index (χ1v) is 8.13. The predicted octanol–water partition coefficient (Wildman–Crippen LogP) is 4.22. The van der Waals surface area contributed by atoms with Crippen LogP contribution >= 0.6 is 11.3 Å². The van der Waals surface area contributed by atoms with Crippen molar-refractivity contribution in [1.29, 1.82) is 0 Å². The number of amides is 1. The van der Waals surface area contributed by atoms with Crippen molar-refractivity contribution in [3.63, 3.8) is 0 Å². The highest BCUT2D eigenvalue weighted by Crippen LogP contribution is 2.22. The number of nitrogens with one attached hydrogen (secondary N) is 1. The topological polar surface area (TPSA) is 51.2 Å². The highest BCUT2D eigenvalue weighted by atomic mass is 32.1. The third kappa shape index (κ3) is 3.96. The molecule has 3 rings (SSSR count). The van der Waals surface area contributed by atoms with Crippen LogP contribution in [0.1, 0.15) is 6.92 Å². The lowest BCUT2D eigenvalue weighted by atomic mass is 10.1. The number of benzene rings is 2. The summed E-state index contributed by atoms with van der Waals surface area (Å²) in [4.78, 5) is 16.1. The quantitative estimate of drug-likeness (QED) is 0.764. The minimum absolute atomic E-state index is 0.216. The van der Waals surface area contributed by atoms with Gasteiger partial charge < -0.3 is 4.74 Å². The molecule has 4 nitrogen and oxygen atoms in total. The second kappa shape index (κ2) is 7.07. The number of aromatic nitrogens is 1. The van der Waals surface area contributed by atoms with Crippen LogP contribution in [0.15, 0.2) is 66.2 Å². The number of carbonyl (C=O) groups excluding carboxylic acids is 1. The van der Waals surface area contributed by atoms with E-state index in [1.165, 1.54) is 11.3 Å². The largest absolute Gasteiger partial charge is 0.481 e. The van der Waals surface area contributed by atoms with Gasteiger partial charge in [0.15, 0.2) is 11.2 Å². The Morgan fingerprint density at radius 2 is 1.78 bits per heavy atom. The summed E-state index contributed by atoms with van der Waals surface area (Å²) >= 11 is 1.38. The number of hydrogen-bond donors (Lipinski definition) is 1. The minimum atomic E-state index is -0.596. The van der Waals surface area contributed by atoms with Crippen molar-refractivity contribution < 1.29 is 9.53 Å². The van der Waals surface area contributed by atoms with Crippen molar-refractivity contribution in [3.8, 4) is 16.9 Å². The molecule has 3 aromatic rings. The summed E-state index contributed by atoms with van der Waals surface area (Å²) in [6, 6.07) is 17.8. The summed E-state index contributed by atoms with van der Waals surface area (Å²) in [5, 5.41) is 5.11. The Morgan fingerprint density at radius 3 is 2.43 bits per heavy atom. The van der Waals surface area contributed by atoms with Gasteiger partial charge in [-0.15, -0.1) is 11.3 Å². The fourth-order valence-electron chi connectivity index (χ4n) is 2.11. The van der Waals surface area contributed by atoms with Crippen molar-refractivity contribution in [1.82, 2.24) is 4.98 Å². The van der Waals surface area contributed by atoms with E-state index in [0.29, 0.717) is 10.9 Å². The minimum Gasteiger partial charge on any atom is -0.481 e. The molecule has 2 aromatic carbocycles. The van der Waals surface area contributed by atoms with Crippen molar-refractivity contribution in [2.24, 2.45) is 0 Å². The number of nitrogens with zero attached hydrogens (tertiary/aromatic N) is 1. The Bertz CT molecular complexity index is 755. The third-order valence-corrected chi connectivity index (χ3v) is 3.99. The van der Waals surface area contributed by atoms with Crippen LogP contribution in [0.3, 0.4) is 0 Å². The van der Waals surface area contributed by atoms with E-state index in [4.69, 9.17) is 4.74 Å². The molecule has 0 spiro atoms. The van der Waals surface area contributed by atoms with Gasteiger partial charge in [-0.05, 0) is 30.2 Å². The SMILES string of the molecule is C[C@H](Oc1ccc(-c2ccccc2)cc1)C(=O)Nc1nccs1. The maximum atomic E-state index is 12.0. The number of rotatable bonds is 5. The van der Waals surface area contributed by atoms with E-state index < -0.39 is 6.10 Å². The zero-order chi connectivity index (χ0) is 16.1. The van der Waals surface area contributed by atoms with E-state index in [-0.39, 0.29) is 5.91 Å². The van der Waals surface area contributed by atoms with Crippen LogP contribution in [-0.2, 0) is 4.79 Å². The Hall–Kier alpha value is -2.66. The Labute approximate surface area is 138 Å². The number of carbonyl (C=O) groups is 1. The molecule has 0 aliphatic carbocycles.